The molecule has 0 aromatic carbocycles. The van der Waals surface area contributed by atoms with E-state index in [1.807, 2.05) is 0 Å². The number of carboxylic acids is 1. The fourth-order valence-electron chi connectivity index (χ4n) is 1.93. The fraction of sp³-hybridized carbons (Fsp3) is 0.818. The third-order valence-electron chi connectivity index (χ3n) is 2.73. The average Bonchev–Trinajstić information content (AvgIpc) is 2.76. The molecule has 1 amide bonds. The maximum atomic E-state index is 12.3. The molecule has 1 saturated heterocycles. The Labute approximate surface area is 104 Å². The summed E-state index contributed by atoms with van der Waals surface area (Å²) in [6.07, 6.45) is -3.45. The Kier molecular flexibility index (Phi) is 5.46. The van der Waals surface area contributed by atoms with Crippen LogP contribution in [0.5, 0.6) is 0 Å². The Morgan fingerprint density at radius 2 is 2.00 bits per heavy atom. The molecule has 5 nitrogen and oxygen atoms in total. The number of alkyl halides is 2. The molecule has 18 heavy (non-hydrogen) atoms. The zero-order valence-corrected chi connectivity index (χ0v) is 10.1. The molecule has 0 aromatic heterocycles. The van der Waals surface area contributed by atoms with Crippen LogP contribution in [0.3, 0.4) is 0 Å². The quantitative estimate of drug-likeness (QED) is 0.781. The van der Waals surface area contributed by atoms with Gasteiger partial charge in [-0.3, -0.25) is 4.79 Å². The van der Waals surface area contributed by atoms with Gasteiger partial charge in [0.2, 0.25) is 0 Å². The lowest BCUT2D eigenvalue weighted by Crippen LogP contribution is -2.42. The zero-order valence-electron chi connectivity index (χ0n) is 10.1. The minimum absolute atomic E-state index is 0.223. The summed E-state index contributed by atoms with van der Waals surface area (Å²) in [6, 6.07) is 0. The molecule has 0 unspecified atom stereocenters. The van der Waals surface area contributed by atoms with Crippen molar-refractivity contribution in [2.24, 2.45) is 0 Å². The summed E-state index contributed by atoms with van der Waals surface area (Å²) in [4.78, 5) is 23.6. The van der Waals surface area contributed by atoms with Gasteiger partial charge in [0.15, 0.2) is 6.10 Å². The first-order chi connectivity index (χ1) is 8.45. The summed E-state index contributed by atoms with van der Waals surface area (Å²) in [5.41, 5.74) is 0. The zero-order chi connectivity index (χ0) is 13.7. The largest absolute Gasteiger partial charge is 0.479 e. The van der Waals surface area contributed by atoms with Crippen molar-refractivity contribution in [1.82, 2.24) is 4.90 Å². The Bertz CT molecular complexity index is 311. The summed E-state index contributed by atoms with van der Waals surface area (Å²) in [5, 5.41) is 8.73. The van der Waals surface area contributed by atoms with Crippen LogP contribution in [0.25, 0.3) is 0 Å². The van der Waals surface area contributed by atoms with E-state index in [4.69, 9.17) is 9.84 Å². The molecule has 0 spiro atoms. The highest BCUT2D eigenvalue weighted by molar-refractivity contribution is 5.82. The summed E-state index contributed by atoms with van der Waals surface area (Å²) in [5.74, 6) is -1.66. The summed E-state index contributed by atoms with van der Waals surface area (Å²) >= 11 is 0. The number of hydrogen-bond acceptors (Lipinski definition) is 3. The van der Waals surface area contributed by atoms with Gasteiger partial charge >= 0.3 is 5.97 Å². The summed E-state index contributed by atoms with van der Waals surface area (Å²) in [6.45, 7) is 1.37. The van der Waals surface area contributed by atoms with Crippen LogP contribution in [-0.4, -0.2) is 53.6 Å². The van der Waals surface area contributed by atoms with Gasteiger partial charge in [0.1, 0.15) is 6.10 Å². The first-order valence-electron chi connectivity index (χ1n) is 5.90. The van der Waals surface area contributed by atoms with E-state index in [9.17, 15) is 18.4 Å². The smallest absolute Gasteiger partial charge is 0.332 e. The van der Waals surface area contributed by atoms with Gasteiger partial charge < -0.3 is 14.7 Å². The van der Waals surface area contributed by atoms with E-state index in [1.54, 1.807) is 6.92 Å². The van der Waals surface area contributed by atoms with Gasteiger partial charge in [0, 0.05) is 6.54 Å². The normalized spacial score (nSPS) is 23.3. The van der Waals surface area contributed by atoms with Crippen LogP contribution in [0.15, 0.2) is 0 Å². The van der Waals surface area contributed by atoms with Crippen LogP contribution < -0.4 is 0 Å². The highest BCUT2D eigenvalue weighted by Gasteiger charge is 2.37. The highest BCUT2D eigenvalue weighted by atomic mass is 19.3. The second-order valence-electron chi connectivity index (χ2n) is 4.20. The molecule has 1 heterocycles. The molecule has 1 rings (SSSR count). The molecule has 104 valence electrons. The van der Waals surface area contributed by atoms with Crippen LogP contribution in [0, 0.1) is 0 Å². The third kappa shape index (κ3) is 3.90. The van der Waals surface area contributed by atoms with Gasteiger partial charge in [-0.05, 0) is 19.3 Å². The van der Waals surface area contributed by atoms with Crippen molar-refractivity contribution in [3.8, 4) is 0 Å². The van der Waals surface area contributed by atoms with E-state index < -0.39 is 37.1 Å². The molecule has 0 bridgehead atoms. The maximum absolute atomic E-state index is 12.3. The number of hydrogen-bond donors (Lipinski definition) is 1. The van der Waals surface area contributed by atoms with E-state index >= 15 is 0 Å². The van der Waals surface area contributed by atoms with Gasteiger partial charge in [-0.1, -0.05) is 6.92 Å². The number of nitrogens with zero attached hydrogens (tertiary/aromatic N) is 1. The highest BCUT2D eigenvalue weighted by Crippen LogP contribution is 2.22. The van der Waals surface area contributed by atoms with Gasteiger partial charge in [0.05, 0.1) is 6.54 Å². The first kappa shape index (κ1) is 14.8. The Morgan fingerprint density at radius 1 is 1.39 bits per heavy atom. The van der Waals surface area contributed by atoms with E-state index in [2.05, 4.69) is 0 Å². The lowest BCUT2D eigenvalue weighted by molar-refractivity contribution is -0.155. The Morgan fingerprint density at radius 3 is 2.44 bits per heavy atom. The minimum atomic E-state index is -2.60. The van der Waals surface area contributed by atoms with Crippen LogP contribution >= 0.6 is 0 Å². The van der Waals surface area contributed by atoms with Crippen LogP contribution in [-0.2, 0) is 14.3 Å². The number of ether oxygens (including phenoxy) is 1. The van der Waals surface area contributed by atoms with E-state index in [0.717, 1.165) is 4.90 Å². The fourth-order valence-corrected chi connectivity index (χ4v) is 1.93. The van der Waals surface area contributed by atoms with Crippen molar-refractivity contribution >= 4 is 11.9 Å². The van der Waals surface area contributed by atoms with Crippen molar-refractivity contribution in [2.45, 2.75) is 44.8 Å². The average molecular weight is 265 g/mol. The van der Waals surface area contributed by atoms with Crippen LogP contribution in [0.2, 0.25) is 0 Å². The van der Waals surface area contributed by atoms with Gasteiger partial charge in [0.25, 0.3) is 12.3 Å². The second-order valence-corrected chi connectivity index (χ2v) is 4.20. The maximum Gasteiger partial charge on any atom is 0.332 e. The molecule has 7 heteroatoms. The first-order valence-corrected chi connectivity index (χ1v) is 5.90. The molecular formula is C11H17F2NO4. The monoisotopic (exact) mass is 265 g/mol. The van der Waals surface area contributed by atoms with Crippen LogP contribution in [0.4, 0.5) is 8.78 Å². The Balaban J connectivity index is 2.58. The molecule has 0 saturated carbocycles. The van der Waals surface area contributed by atoms with E-state index in [-0.39, 0.29) is 19.4 Å². The number of aliphatic carboxylic acids is 1. The Hall–Kier alpha value is -1.24. The number of carboxylic acid groups (broad SMARTS) is 1. The SMILES string of the molecule is CCCN(CC(F)F)C(=O)[C@@H]1CC[C@H](C(=O)O)O1. The molecule has 1 aliphatic rings. The minimum Gasteiger partial charge on any atom is -0.479 e. The molecule has 2 atom stereocenters. The number of rotatable bonds is 6. The predicted molar refractivity (Wildman–Crippen MR) is 58.4 cm³/mol. The van der Waals surface area contributed by atoms with Gasteiger partial charge in [-0.2, -0.15) is 0 Å². The number of carbonyl (C=O) groups excluding carboxylic acids is 1. The second kappa shape index (κ2) is 6.63. The van der Waals surface area contributed by atoms with Gasteiger partial charge in [-0.25, -0.2) is 13.6 Å². The standard InChI is InChI=1S/C11H17F2NO4/c1-2-5-14(6-9(12)13)10(15)7-3-4-8(18-7)11(16)17/h7-9H,2-6H2,1H3,(H,16,17)/t7-,8+/m0/s1. The van der Waals surface area contributed by atoms with Gasteiger partial charge in [-0.15, -0.1) is 0 Å². The lowest BCUT2D eigenvalue weighted by atomic mass is 10.1. The van der Waals surface area contributed by atoms with Crippen molar-refractivity contribution in [3.05, 3.63) is 0 Å². The van der Waals surface area contributed by atoms with Crippen molar-refractivity contribution in [1.29, 1.82) is 0 Å². The number of amides is 1. The predicted octanol–water partition coefficient (Wildman–Crippen LogP) is 1.12. The summed E-state index contributed by atoms with van der Waals surface area (Å²) < 4.78 is 29.7. The topological polar surface area (TPSA) is 66.8 Å². The molecule has 0 radical (unpaired) electrons. The number of carbonyl (C=O) groups is 2. The molecule has 0 aliphatic carbocycles. The molecule has 0 aromatic rings. The van der Waals surface area contributed by atoms with Crippen LogP contribution in [0.1, 0.15) is 26.2 Å². The molecule has 1 N–H and O–H groups in total. The van der Waals surface area contributed by atoms with E-state index in [0.29, 0.717) is 6.42 Å². The third-order valence-corrected chi connectivity index (χ3v) is 2.73. The number of halogens is 2. The molecule has 1 fully saturated rings. The van der Waals surface area contributed by atoms with Crippen molar-refractivity contribution in [2.75, 3.05) is 13.1 Å². The van der Waals surface area contributed by atoms with Crippen molar-refractivity contribution < 1.29 is 28.2 Å². The molecule has 1 aliphatic heterocycles. The molecular weight excluding hydrogens is 248 g/mol. The van der Waals surface area contributed by atoms with E-state index in [1.165, 1.54) is 0 Å². The lowest BCUT2D eigenvalue weighted by Gasteiger charge is -2.24. The van der Waals surface area contributed by atoms with Crippen molar-refractivity contribution in [3.63, 3.8) is 0 Å². The summed E-state index contributed by atoms with van der Waals surface area (Å²) in [7, 11) is 0.